The van der Waals surface area contributed by atoms with Crippen LogP contribution in [-0.2, 0) is 6.42 Å². The maximum atomic E-state index is 4.22. The molecule has 2 heterocycles. The van der Waals surface area contributed by atoms with Crippen LogP contribution in [0, 0.1) is 0 Å². The molecule has 1 atom stereocenters. The largest absolute Gasteiger partial charge is 0.381 e. The first-order valence-corrected chi connectivity index (χ1v) is 6.87. The third-order valence-corrected chi connectivity index (χ3v) is 4.10. The number of nitrogens with one attached hydrogen (secondary N) is 2. The molecule has 0 aliphatic carbocycles. The molecule has 1 unspecified atom stereocenters. The molecule has 88 valence electrons. The number of rotatable bonds is 3. The van der Waals surface area contributed by atoms with E-state index in [4.69, 9.17) is 0 Å². The lowest BCUT2D eigenvalue weighted by Crippen LogP contribution is -2.27. The molecular weight excluding hydrogens is 230 g/mol. The van der Waals surface area contributed by atoms with Gasteiger partial charge in [-0.05, 0) is 24.5 Å². The van der Waals surface area contributed by atoms with Crippen molar-refractivity contribution in [3.8, 4) is 0 Å². The molecule has 0 bridgehead atoms. The molecule has 4 heteroatoms. The lowest BCUT2D eigenvalue weighted by molar-refractivity contribution is 0.688. The topological polar surface area (TPSA) is 40.7 Å². The van der Waals surface area contributed by atoms with Crippen molar-refractivity contribution < 1.29 is 0 Å². The third-order valence-electron chi connectivity index (χ3n) is 3.03. The fourth-order valence-electron chi connectivity index (χ4n) is 2.14. The van der Waals surface area contributed by atoms with Gasteiger partial charge < -0.3 is 10.3 Å². The normalized spacial score (nSPS) is 18.5. The molecule has 17 heavy (non-hydrogen) atoms. The van der Waals surface area contributed by atoms with Crippen LogP contribution in [0.5, 0.6) is 0 Å². The van der Waals surface area contributed by atoms with E-state index in [1.807, 2.05) is 6.20 Å². The molecule has 1 aromatic heterocycles. The van der Waals surface area contributed by atoms with E-state index in [0.29, 0.717) is 6.04 Å². The Morgan fingerprint density at radius 1 is 1.35 bits per heavy atom. The molecule has 0 saturated heterocycles. The van der Waals surface area contributed by atoms with Gasteiger partial charge in [0.15, 0.2) is 5.16 Å². The second-order valence-electron chi connectivity index (χ2n) is 4.24. The number of hydrogen-bond acceptors (Lipinski definition) is 3. The number of para-hydroxylation sites is 1. The highest BCUT2D eigenvalue weighted by Crippen LogP contribution is 2.26. The Balaban J connectivity index is 1.61. The number of imidazole rings is 1. The van der Waals surface area contributed by atoms with Crippen molar-refractivity contribution in [2.45, 2.75) is 24.0 Å². The highest BCUT2D eigenvalue weighted by molar-refractivity contribution is 7.99. The van der Waals surface area contributed by atoms with Gasteiger partial charge in [-0.2, -0.15) is 0 Å². The molecular formula is C13H15N3S. The summed E-state index contributed by atoms with van der Waals surface area (Å²) in [6.07, 6.45) is 6.04. The molecule has 1 aliphatic rings. The predicted octanol–water partition coefficient (Wildman–Crippen LogP) is 2.93. The Morgan fingerprint density at radius 2 is 2.29 bits per heavy atom. The maximum absolute atomic E-state index is 4.22. The van der Waals surface area contributed by atoms with Gasteiger partial charge in [-0.25, -0.2) is 4.98 Å². The summed E-state index contributed by atoms with van der Waals surface area (Å²) in [4.78, 5) is 7.34. The molecule has 1 aliphatic heterocycles. The van der Waals surface area contributed by atoms with Crippen molar-refractivity contribution >= 4 is 17.4 Å². The van der Waals surface area contributed by atoms with Crippen LogP contribution in [0.3, 0.4) is 0 Å². The summed E-state index contributed by atoms with van der Waals surface area (Å²) >= 11 is 1.78. The van der Waals surface area contributed by atoms with E-state index >= 15 is 0 Å². The van der Waals surface area contributed by atoms with Gasteiger partial charge in [0.25, 0.3) is 0 Å². The zero-order valence-corrected chi connectivity index (χ0v) is 10.3. The summed E-state index contributed by atoms with van der Waals surface area (Å²) in [7, 11) is 0. The van der Waals surface area contributed by atoms with Gasteiger partial charge in [-0.15, -0.1) is 0 Å². The summed E-state index contributed by atoms with van der Waals surface area (Å²) < 4.78 is 0. The summed E-state index contributed by atoms with van der Waals surface area (Å²) in [6, 6.07) is 9.11. The van der Waals surface area contributed by atoms with Gasteiger partial charge in [-0.1, -0.05) is 30.0 Å². The summed E-state index contributed by atoms with van der Waals surface area (Å²) in [5, 5.41) is 4.60. The van der Waals surface area contributed by atoms with Gasteiger partial charge in [0.1, 0.15) is 0 Å². The minimum absolute atomic E-state index is 0.542. The number of H-pyrrole nitrogens is 1. The van der Waals surface area contributed by atoms with Crippen LogP contribution in [0.1, 0.15) is 12.0 Å². The van der Waals surface area contributed by atoms with Crippen molar-refractivity contribution in [1.82, 2.24) is 9.97 Å². The highest BCUT2D eigenvalue weighted by atomic mass is 32.2. The van der Waals surface area contributed by atoms with Crippen LogP contribution >= 0.6 is 11.8 Å². The van der Waals surface area contributed by atoms with Crippen LogP contribution in [0.15, 0.2) is 41.8 Å². The minimum Gasteiger partial charge on any atom is -0.381 e. The average Bonchev–Trinajstić information content (AvgIpc) is 2.89. The molecule has 0 fully saturated rings. The number of nitrogens with zero attached hydrogens (tertiary/aromatic N) is 1. The molecule has 2 N–H and O–H groups in total. The Hall–Kier alpha value is -1.42. The second kappa shape index (κ2) is 4.84. The van der Waals surface area contributed by atoms with Crippen LogP contribution in [0.2, 0.25) is 0 Å². The van der Waals surface area contributed by atoms with Gasteiger partial charge >= 0.3 is 0 Å². The Morgan fingerprint density at radius 3 is 3.18 bits per heavy atom. The van der Waals surface area contributed by atoms with Gasteiger partial charge in [0, 0.05) is 29.9 Å². The Labute approximate surface area is 105 Å². The number of aromatic amines is 1. The summed E-state index contributed by atoms with van der Waals surface area (Å²) in [5.41, 5.74) is 2.73. The quantitative estimate of drug-likeness (QED) is 0.817. The number of hydrogen-bond donors (Lipinski definition) is 2. The Bertz CT molecular complexity index is 481. The lowest BCUT2D eigenvalue weighted by atomic mass is 9.99. The van der Waals surface area contributed by atoms with Crippen LogP contribution in [0.25, 0.3) is 0 Å². The molecule has 3 rings (SSSR count). The lowest BCUT2D eigenvalue weighted by Gasteiger charge is -2.26. The molecule has 0 radical (unpaired) electrons. The first kappa shape index (κ1) is 10.7. The molecule has 2 aromatic rings. The first-order valence-electron chi connectivity index (χ1n) is 5.88. The fourth-order valence-corrected chi connectivity index (χ4v) is 3.03. The number of fused-ring (bicyclic) bond motifs is 1. The van der Waals surface area contributed by atoms with Crippen molar-refractivity contribution in [3.05, 3.63) is 42.2 Å². The summed E-state index contributed by atoms with van der Waals surface area (Å²) in [6.45, 7) is 0. The van der Waals surface area contributed by atoms with Gasteiger partial charge in [0.2, 0.25) is 0 Å². The van der Waals surface area contributed by atoms with Crippen molar-refractivity contribution in [2.75, 3.05) is 11.1 Å². The predicted molar refractivity (Wildman–Crippen MR) is 71.5 cm³/mol. The van der Waals surface area contributed by atoms with E-state index in [-0.39, 0.29) is 0 Å². The zero-order valence-electron chi connectivity index (χ0n) is 9.52. The maximum Gasteiger partial charge on any atom is 0.165 e. The third kappa shape index (κ3) is 2.47. The van der Waals surface area contributed by atoms with Crippen LogP contribution in [0.4, 0.5) is 5.69 Å². The number of anilines is 1. The molecule has 3 nitrogen and oxygen atoms in total. The average molecular weight is 245 g/mol. The van der Waals surface area contributed by atoms with E-state index in [2.05, 4.69) is 39.6 Å². The van der Waals surface area contributed by atoms with E-state index in [1.165, 1.54) is 24.1 Å². The van der Waals surface area contributed by atoms with Crippen molar-refractivity contribution in [1.29, 1.82) is 0 Å². The zero-order chi connectivity index (χ0) is 11.5. The standard InChI is InChI=1S/C13H15N3S/c1-2-4-12-10(3-1)5-6-11(16-12)9-17-13-14-7-8-15-13/h1-4,7-8,11,16H,5-6,9H2,(H,14,15). The van der Waals surface area contributed by atoms with E-state index in [1.54, 1.807) is 18.0 Å². The molecule has 0 amide bonds. The van der Waals surface area contributed by atoms with E-state index in [9.17, 15) is 0 Å². The van der Waals surface area contributed by atoms with Crippen LogP contribution in [-0.4, -0.2) is 21.8 Å². The van der Waals surface area contributed by atoms with Gasteiger partial charge in [-0.3, -0.25) is 0 Å². The number of thioether (sulfide) groups is 1. The van der Waals surface area contributed by atoms with E-state index < -0.39 is 0 Å². The minimum atomic E-state index is 0.542. The van der Waals surface area contributed by atoms with Crippen molar-refractivity contribution in [2.24, 2.45) is 0 Å². The second-order valence-corrected chi connectivity index (χ2v) is 5.25. The molecule has 0 saturated carbocycles. The molecule has 1 aromatic carbocycles. The fraction of sp³-hybridized carbons (Fsp3) is 0.308. The monoisotopic (exact) mass is 245 g/mol. The number of aryl methyl sites for hydroxylation is 1. The summed E-state index contributed by atoms with van der Waals surface area (Å²) in [5.74, 6) is 1.06. The highest BCUT2D eigenvalue weighted by Gasteiger charge is 2.17. The SMILES string of the molecule is c1ccc2c(c1)CCC(CSc1ncc[nH]1)N2. The van der Waals surface area contributed by atoms with Crippen LogP contribution < -0.4 is 5.32 Å². The van der Waals surface area contributed by atoms with Gasteiger partial charge in [0.05, 0.1) is 0 Å². The Kier molecular flexibility index (Phi) is 3.05. The molecule has 0 spiro atoms. The number of aromatic nitrogens is 2. The smallest absolute Gasteiger partial charge is 0.165 e. The van der Waals surface area contributed by atoms with Crippen molar-refractivity contribution in [3.63, 3.8) is 0 Å². The number of benzene rings is 1. The first-order chi connectivity index (χ1) is 8.42. The van der Waals surface area contributed by atoms with E-state index in [0.717, 1.165) is 10.9 Å².